The van der Waals surface area contributed by atoms with Crippen LogP contribution in [0.4, 0.5) is 0 Å². The molecule has 1 N–H and O–H groups in total. The number of thioether (sulfide) groups is 1. The van der Waals surface area contributed by atoms with Crippen LogP contribution in [0.3, 0.4) is 0 Å². The van der Waals surface area contributed by atoms with Crippen LogP contribution >= 0.6 is 11.8 Å². The summed E-state index contributed by atoms with van der Waals surface area (Å²) in [5.41, 5.74) is 0. The largest absolute Gasteiger partial charge is 0.314 e. The molecule has 1 aromatic heterocycles. The molecule has 1 aliphatic carbocycles. The standard InChI is InChI=1S/C14H22N2S/c1-2-5-13(6-3-1)16-9-4-12-17-14-7-10-15-11-8-14/h7-8,10-11,13,16H,1-6,9,12H2. The minimum atomic E-state index is 0.801. The fraction of sp³-hybridized carbons (Fsp3) is 0.643. The van der Waals surface area contributed by atoms with Gasteiger partial charge in [-0.1, -0.05) is 19.3 Å². The maximum atomic E-state index is 4.03. The summed E-state index contributed by atoms with van der Waals surface area (Å²) < 4.78 is 0. The minimum Gasteiger partial charge on any atom is -0.314 e. The van der Waals surface area contributed by atoms with Crippen LogP contribution in [0.15, 0.2) is 29.4 Å². The molecule has 17 heavy (non-hydrogen) atoms. The van der Waals surface area contributed by atoms with Crippen LogP contribution in [0.5, 0.6) is 0 Å². The highest BCUT2D eigenvalue weighted by Gasteiger charge is 2.11. The molecule has 1 heterocycles. The minimum absolute atomic E-state index is 0.801. The topological polar surface area (TPSA) is 24.9 Å². The van der Waals surface area contributed by atoms with Gasteiger partial charge in [0.15, 0.2) is 0 Å². The number of aromatic nitrogens is 1. The van der Waals surface area contributed by atoms with Gasteiger partial charge >= 0.3 is 0 Å². The normalized spacial score (nSPS) is 17.2. The lowest BCUT2D eigenvalue weighted by Crippen LogP contribution is -2.31. The number of hydrogen-bond acceptors (Lipinski definition) is 3. The highest BCUT2D eigenvalue weighted by molar-refractivity contribution is 7.99. The third kappa shape index (κ3) is 5.09. The molecule has 1 saturated carbocycles. The van der Waals surface area contributed by atoms with Gasteiger partial charge < -0.3 is 5.32 Å². The number of pyridine rings is 1. The molecule has 2 rings (SSSR count). The van der Waals surface area contributed by atoms with Gasteiger partial charge in [0, 0.05) is 23.3 Å². The predicted molar refractivity (Wildman–Crippen MR) is 74.5 cm³/mol. The van der Waals surface area contributed by atoms with E-state index in [2.05, 4.69) is 22.4 Å². The van der Waals surface area contributed by atoms with Crippen LogP contribution in [0, 0.1) is 0 Å². The van der Waals surface area contributed by atoms with E-state index in [9.17, 15) is 0 Å². The molecule has 0 spiro atoms. The summed E-state index contributed by atoms with van der Waals surface area (Å²) in [6.45, 7) is 1.17. The first-order chi connectivity index (χ1) is 8.45. The van der Waals surface area contributed by atoms with E-state index in [1.165, 1.54) is 55.7 Å². The van der Waals surface area contributed by atoms with Gasteiger partial charge in [0.05, 0.1) is 0 Å². The second-order valence-corrected chi connectivity index (χ2v) is 5.84. The Morgan fingerprint density at radius 1 is 1.18 bits per heavy atom. The number of hydrogen-bond donors (Lipinski definition) is 1. The summed E-state index contributed by atoms with van der Waals surface area (Å²) in [5.74, 6) is 1.20. The molecular weight excluding hydrogens is 228 g/mol. The molecule has 94 valence electrons. The molecule has 3 heteroatoms. The number of rotatable bonds is 6. The van der Waals surface area contributed by atoms with E-state index in [-0.39, 0.29) is 0 Å². The van der Waals surface area contributed by atoms with Crippen molar-refractivity contribution in [1.82, 2.24) is 10.3 Å². The molecule has 1 aromatic rings. The second-order valence-electron chi connectivity index (χ2n) is 4.67. The average molecular weight is 250 g/mol. The van der Waals surface area contributed by atoms with Crippen molar-refractivity contribution >= 4 is 11.8 Å². The zero-order valence-electron chi connectivity index (χ0n) is 10.4. The van der Waals surface area contributed by atoms with Crippen molar-refractivity contribution in [2.75, 3.05) is 12.3 Å². The molecule has 0 aliphatic heterocycles. The summed E-state index contributed by atoms with van der Waals surface area (Å²) in [5, 5.41) is 3.68. The van der Waals surface area contributed by atoms with Crippen molar-refractivity contribution in [3.63, 3.8) is 0 Å². The van der Waals surface area contributed by atoms with Gasteiger partial charge in [0.1, 0.15) is 0 Å². The van der Waals surface area contributed by atoms with Crippen LogP contribution in [0.1, 0.15) is 38.5 Å². The predicted octanol–water partition coefficient (Wildman–Crippen LogP) is 3.49. The lowest BCUT2D eigenvalue weighted by molar-refractivity contribution is 0.375. The summed E-state index contributed by atoms with van der Waals surface area (Å²) in [6, 6.07) is 4.97. The first-order valence-electron chi connectivity index (χ1n) is 6.71. The fourth-order valence-corrected chi connectivity index (χ4v) is 3.15. The zero-order chi connectivity index (χ0) is 11.8. The molecule has 0 aromatic carbocycles. The first kappa shape index (κ1) is 12.9. The van der Waals surface area contributed by atoms with E-state index in [1.807, 2.05) is 24.2 Å². The molecular formula is C14H22N2S. The van der Waals surface area contributed by atoms with Crippen molar-refractivity contribution in [3.05, 3.63) is 24.5 Å². The van der Waals surface area contributed by atoms with Gasteiger partial charge in [0.2, 0.25) is 0 Å². The molecule has 0 saturated heterocycles. The van der Waals surface area contributed by atoms with Gasteiger partial charge in [0.25, 0.3) is 0 Å². The van der Waals surface area contributed by atoms with Crippen LogP contribution in [-0.4, -0.2) is 23.3 Å². The van der Waals surface area contributed by atoms with Crippen molar-refractivity contribution in [2.45, 2.75) is 49.5 Å². The summed E-state index contributed by atoms with van der Waals surface area (Å²) in [7, 11) is 0. The molecule has 1 fully saturated rings. The Hall–Kier alpha value is -0.540. The molecule has 0 unspecified atom stereocenters. The highest BCUT2D eigenvalue weighted by Crippen LogP contribution is 2.18. The van der Waals surface area contributed by atoms with Crippen molar-refractivity contribution < 1.29 is 0 Å². The highest BCUT2D eigenvalue weighted by atomic mass is 32.2. The van der Waals surface area contributed by atoms with Gasteiger partial charge in [-0.25, -0.2) is 0 Å². The van der Waals surface area contributed by atoms with E-state index in [0.717, 1.165) is 6.04 Å². The molecule has 2 nitrogen and oxygen atoms in total. The third-order valence-corrected chi connectivity index (χ3v) is 4.38. The first-order valence-corrected chi connectivity index (χ1v) is 7.70. The maximum absolute atomic E-state index is 4.03. The lowest BCUT2D eigenvalue weighted by Gasteiger charge is -2.22. The van der Waals surface area contributed by atoms with E-state index in [0.29, 0.717) is 0 Å². The van der Waals surface area contributed by atoms with Crippen LogP contribution in [-0.2, 0) is 0 Å². The van der Waals surface area contributed by atoms with Crippen LogP contribution in [0.25, 0.3) is 0 Å². The smallest absolute Gasteiger partial charge is 0.0278 e. The van der Waals surface area contributed by atoms with Gasteiger partial charge in [-0.05, 0) is 43.7 Å². The summed E-state index contributed by atoms with van der Waals surface area (Å²) in [6.07, 6.45) is 12.0. The Bertz CT molecular complexity index is 296. The lowest BCUT2D eigenvalue weighted by atomic mass is 9.95. The number of nitrogens with zero attached hydrogens (tertiary/aromatic N) is 1. The third-order valence-electron chi connectivity index (χ3n) is 3.28. The van der Waals surface area contributed by atoms with E-state index in [4.69, 9.17) is 0 Å². The number of nitrogens with one attached hydrogen (secondary N) is 1. The second kappa shape index (κ2) is 7.72. The van der Waals surface area contributed by atoms with Crippen LogP contribution < -0.4 is 5.32 Å². The van der Waals surface area contributed by atoms with Crippen LogP contribution in [0.2, 0.25) is 0 Å². The van der Waals surface area contributed by atoms with E-state index < -0.39 is 0 Å². The molecule has 0 radical (unpaired) electrons. The Morgan fingerprint density at radius 3 is 2.71 bits per heavy atom. The zero-order valence-corrected chi connectivity index (χ0v) is 11.2. The molecule has 1 aliphatic rings. The molecule has 0 atom stereocenters. The Morgan fingerprint density at radius 2 is 1.94 bits per heavy atom. The van der Waals surface area contributed by atoms with Gasteiger partial charge in [-0.3, -0.25) is 4.98 Å². The van der Waals surface area contributed by atoms with E-state index >= 15 is 0 Å². The Balaban J connectivity index is 1.51. The Kier molecular flexibility index (Phi) is 5.86. The quantitative estimate of drug-likeness (QED) is 0.618. The molecule has 0 amide bonds. The van der Waals surface area contributed by atoms with Gasteiger partial charge in [-0.2, -0.15) is 0 Å². The Labute approximate surface area is 109 Å². The van der Waals surface area contributed by atoms with Crippen molar-refractivity contribution in [3.8, 4) is 0 Å². The monoisotopic (exact) mass is 250 g/mol. The van der Waals surface area contributed by atoms with Crippen molar-refractivity contribution in [2.24, 2.45) is 0 Å². The van der Waals surface area contributed by atoms with Gasteiger partial charge in [-0.15, -0.1) is 11.8 Å². The van der Waals surface area contributed by atoms with E-state index in [1.54, 1.807) is 0 Å². The summed E-state index contributed by atoms with van der Waals surface area (Å²) >= 11 is 1.93. The maximum Gasteiger partial charge on any atom is 0.0278 e. The average Bonchev–Trinajstić information content (AvgIpc) is 2.41. The summed E-state index contributed by atoms with van der Waals surface area (Å²) in [4.78, 5) is 5.36. The fourth-order valence-electron chi connectivity index (χ4n) is 2.31. The SMILES string of the molecule is c1cc(SCCCNC2CCCCC2)ccn1. The molecule has 0 bridgehead atoms. The van der Waals surface area contributed by atoms with Crippen molar-refractivity contribution in [1.29, 1.82) is 0 Å².